The molecule has 3 aromatic rings. The summed E-state index contributed by atoms with van der Waals surface area (Å²) in [5.74, 6) is -0.882. The number of sulfonamides is 1. The normalized spacial score (nSPS) is 14.7. The molecule has 0 radical (unpaired) electrons. The van der Waals surface area contributed by atoms with Crippen molar-refractivity contribution in [2.45, 2.75) is 36.1 Å². The lowest BCUT2D eigenvalue weighted by Gasteiger charge is -2.29. The van der Waals surface area contributed by atoms with E-state index >= 15 is 0 Å². The molecule has 0 aromatic heterocycles. The standard InChI is InChI=1S/C26H27N5O4S/c27-23(28)18-6-5-7-19(16-18)24(32)31-26(14-3-4-15-26)25(33)30-20-12-10-17(11-13-20)21-8-1-2-9-22(21)36(29,34)35/h1-2,5-13,16H,3-4,14-15H2,(H3,27,28)(H,30,33)(H,31,32)(H2,29,34,35). The molecule has 2 amide bonds. The van der Waals surface area contributed by atoms with Crippen molar-refractivity contribution in [3.8, 4) is 11.1 Å². The number of amidine groups is 1. The molecule has 3 aromatic carbocycles. The van der Waals surface area contributed by atoms with Gasteiger partial charge in [-0.1, -0.05) is 55.3 Å². The predicted molar refractivity (Wildman–Crippen MR) is 138 cm³/mol. The van der Waals surface area contributed by atoms with Crippen molar-refractivity contribution in [3.63, 3.8) is 0 Å². The van der Waals surface area contributed by atoms with E-state index in [9.17, 15) is 18.0 Å². The van der Waals surface area contributed by atoms with E-state index in [0.717, 1.165) is 12.8 Å². The first-order valence-corrected chi connectivity index (χ1v) is 12.9. The Bertz CT molecular complexity index is 1430. The topological polar surface area (TPSA) is 168 Å². The Morgan fingerprint density at radius 1 is 0.889 bits per heavy atom. The fraction of sp³-hybridized carbons (Fsp3) is 0.192. The molecule has 10 heteroatoms. The Balaban J connectivity index is 1.53. The second-order valence-corrected chi connectivity index (χ2v) is 10.3. The Labute approximate surface area is 209 Å². The zero-order valence-electron chi connectivity index (χ0n) is 19.5. The summed E-state index contributed by atoms with van der Waals surface area (Å²) in [6.07, 6.45) is 2.59. The third-order valence-electron chi connectivity index (χ3n) is 6.33. The molecule has 1 aliphatic rings. The first-order valence-electron chi connectivity index (χ1n) is 11.4. The Morgan fingerprint density at radius 3 is 2.17 bits per heavy atom. The van der Waals surface area contributed by atoms with Crippen molar-refractivity contribution in [2.24, 2.45) is 10.9 Å². The first-order chi connectivity index (χ1) is 17.1. The molecule has 9 nitrogen and oxygen atoms in total. The van der Waals surface area contributed by atoms with Gasteiger partial charge < -0.3 is 16.4 Å². The number of anilines is 1. The van der Waals surface area contributed by atoms with Gasteiger partial charge in [-0.05, 0) is 48.7 Å². The summed E-state index contributed by atoms with van der Waals surface area (Å²) in [6.45, 7) is 0. The van der Waals surface area contributed by atoms with Crippen LogP contribution in [-0.4, -0.2) is 31.6 Å². The molecule has 36 heavy (non-hydrogen) atoms. The summed E-state index contributed by atoms with van der Waals surface area (Å²) in [6, 6.07) is 19.6. The number of primary sulfonamides is 1. The molecule has 0 aliphatic heterocycles. The first kappa shape index (κ1) is 25.1. The Kier molecular flexibility index (Phi) is 6.91. The molecule has 0 unspecified atom stereocenters. The van der Waals surface area contributed by atoms with Gasteiger partial charge in [0.25, 0.3) is 5.91 Å². The highest BCUT2D eigenvalue weighted by Gasteiger charge is 2.42. The van der Waals surface area contributed by atoms with E-state index in [1.54, 1.807) is 60.7 Å². The summed E-state index contributed by atoms with van der Waals surface area (Å²) in [5, 5.41) is 18.7. The van der Waals surface area contributed by atoms with E-state index in [2.05, 4.69) is 10.6 Å². The van der Waals surface area contributed by atoms with Crippen LogP contribution in [0, 0.1) is 5.41 Å². The van der Waals surface area contributed by atoms with Crippen LogP contribution in [0.4, 0.5) is 5.69 Å². The van der Waals surface area contributed by atoms with E-state index < -0.39 is 21.5 Å². The molecule has 0 heterocycles. The van der Waals surface area contributed by atoms with Gasteiger partial charge in [0.05, 0.1) is 4.90 Å². The molecule has 1 saturated carbocycles. The lowest BCUT2D eigenvalue weighted by atomic mass is 9.95. The molecule has 0 bridgehead atoms. The summed E-state index contributed by atoms with van der Waals surface area (Å²) in [7, 11) is -3.90. The number of carbonyl (C=O) groups excluding carboxylic acids is 2. The van der Waals surface area contributed by atoms with Crippen LogP contribution in [-0.2, 0) is 14.8 Å². The lowest BCUT2D eigenvalue weighted by molar-refractivity contribution is -0.122. The van der Waals surface area contributed by atoms with Gasteiger partial charge in [-0.15, -0.1) is 0 Å². The number of nitrogens with two attached hydrogens (primary N) is 2. The summed E-state index contributed by atoms with van der Waals surface area (Å²) in [5.41, 5.74) is 6.82. The smallest absolute Gasteiger partial charge is 0.252 e. The van der Waals surface area contributed by atoms with Crippen LogP contribution >= 0.6 is 0 Å². The maximum absolute atomic E-state index is 13.3. The van der Waals surface area contributed by atoms with Crippen LogP contribution in [0.2, 0.25) is 0 Å². The number of amides is 2. The average Bonchev–Trinajstić information content (AvgIpc) is 3.34. The molecular weight excluding hydrogens is 478 g/mol. The number of hydrogen-bond acceptors (Lipinski definition) is 5. The number of benzene rings is 3. The van der Waals surface area contributed by atoms with E-state index in [4.69, 9.17) is 16.3 Å². The van der Waals surface area contributed by atoms with Crippen molar-refractivity contribution < 1.29 is 18.0 Å². The predicted octanol–water partition coefficient (Wildman–Crippen LogP) is 2.97. The van der Waals surface area contributed by atoms with Gasteiger partial charge in [0.15, 0.2) is 0 Å². The zero-order chi connectivity index (χ0) is 25.9. The summed E-state index contributed by atoms with van der Waals surface area (Å²) < 4.78 is 23.9. The van der Waals surface area contributed by atoms with Crippen molar-refractivity contribution in [2.75, 3.05) is 5.32 Å². The molecule has 7 N–H and O–H groups in total. The van der Waals surface area contributed by atoms with Crippen LogP contribution < -0.4 is 21.5 Å². The van der Waals surface area contributed by atoms with Crippen molar-refractivity contribution in [1.29, 1.82) is 5.41 Å². The maximum atomic E-state index is 13.3. The third kappa shape index (κ3) is 5.29. The second-order valence-electron chi connectivity index (χ2n) is 8.81. The van der Waals surface area contributed by atoms with E-state index in [0.29, 0.717) is 40.8 Å². The summed E-state index contributed by atoms with van der Waals surface area (Å²) >= 11 is 0. The number of nitrogens with one attached hydrogen (secondary N) is 3. The molecule has 0 saturated heterocycles. The van der Waals surface area contributed by atoms with Gasteiger partial charge in [0, 0.05) is 22.4 Å². The second kappa shape index (κ2) is 9.92. The summed E-state index contributed by atoms with van der Waals surface area (Å²) in [4.78, 5) is 26.4. The van der Waals surface area contributed by atoms with E-state index in [-0.39, 0.29) is 16.6 Å². The van der Waals surface area contributed by atoms with Crippen molar-refractivity contribution in [1.82, 2.24) is 5.32 Å². The van der Waals surface area contributed by atoms with E-state index in [1.807, 2.05) is 0 Å². The number of nitrogen functional groups attached to an aromatic ring is 1. The molecule has 4 rings (SSSR count). The highest BCUT2D eigenvalue weighted by Crippen LogP contribution is 2.32. The van der Waals surface area contributed by atoms with Crippen LogP contribution in [0.5, 0.6) is 0 Å². The lowest BCUT2D eigenvalue weighted by Crippen LogP contribution is -2.55. The molecule has 1 aliphatic carbocycles. The SMILES string of the molecule is N=C(N)c1cccc(C(=O)NC2(C(=O)Nc3ccc(-c4ccccc4S(N)(=O)=O)cc3)CCCC2)c1. The van der Waals surface area contributed by atoms with Gasteiger partial charge >= 0.3 is 0 Å². The highest BCUT2D eigenvalue weighted by molar-refractivity contribution is 7.89. The highest BCUT2D eigenvalue weighted by atomic mass is 32.2. The van der Waals surface area contributed by atoms with Crippen LogP contribution in [0.1, 0.15) is 41.6 Å². The maximum Gasteiger partial charge on any atom is 0.252 e. The fourth-order valence-corrected chi connectivity index (χ4v) is 5.20. The molecule has 0 atom stereocenters. The van der Waals surface area contributed by atoms with Crippen LogP contribution in [0.15, 0.2) is 77.7 Å². The quantitative estimate of drug-likeness (QED) is 0.245. The number of rotatable bonds is 7. The molecule has 186 valence electrons. The Morgan fingerprint density at radius 2 is 1.53 bits per heavy atom. The third-order valence-corrected chi connectivity index (χ3v) is 7.30. The Hall–Kier alpha value is -4.02. The number of carbonyl (C=O) groups is 2. The van der Waals surface area contributed by atoms with Crippen molar-refractivity contribution >= 4 is 33.4 Å². The number of hydrogen-bond donors (Lipinski definition) is 5. The van der Waals surface area contributed by atoms with Gasteiger partial charge in [-0.2, -0.15) is 0 Å². The van der Waals surface area contributed by atoms with Crippen LogP contribution in [0.3, 0.4) is 0 Å². The minimum absolute atomic E-state index is 0.0169. The molecular formula is C26H27N5O4S. The minimum Gasteiger partial charge on any atom is -0.384 e. The van der Waals surface area contributed by atoms with Gasteiger partial charge in [0.1, 0.15) is 11.4 Å². The average molecular weight is 506 g/mol. The van der Waals surface area contributed by atoms with Gasteiger partial charge in [0.2, 0.25) is 15.9 Å². The van der Waals surface area contributed by atoms with Gasteiger partial charge in [-0.25, -0.2) is 13.6 Å². The minimum atomic E-state index is -3.90. The monoisotopic (exact) mass is 505 g/mol. The van der Waals surface area contributed by atoms with Crippen molar-refractivity contribution in [3.05, 3.63) is 83.9 Å². The zero-order valence-corrected chi connectivity index (χ0v) is 20.3. The largest absolute Gasteiger partial charge is 0.384 e. The van der Waals surface area contributed by atoms with E-state index in [1.165, 1.54) is 12.1 Å². The van der Waals surface area contributed by atoms with Crippen LogP contribution in [0.25, 0.3) is 11.1 Å². The fourth-order valence-electron chi connectivity index (χ4n) is 4.44. The molecule has 1 fully saturated rings. The molecule has 0 spiro atoms. The van der Waals surface area contributed by atoms with Gasteiger partial charge in [-0.3, -0.25) is 15.0 Å².